The summed E-state index contributed by atoms with van der Waals surface area (Å²) in [7, 11) is -3.29. The van der Waals surface area contributed by atoms with E-state index in [-0.39, 0.29) is 5.75 Å². The molecule has 1 heterocycles. The molecule has 6 heteroatoms. The standard InChI is InChI=1S/C13H19ClN2O2S/c14-11-13(6-1-2-7-13)16-19(17,18)10-5-12-3-8-15-9-4-12/h3-4,8-9,16H,1-2,5-7,10-11H2. The van der Waals surface area contributed by atoms with Gasteiger partial charge in [-0.25, -0.2) is 13.1 Å². The molecule has 0 bridgehead atoms. The van der Waals surface area contributed by atoms with Crippen molar-refractivity contribution in [1.82, 2.24) is 9.71 Å². The van der Waals surface area contributed by atoms with Crippen molar-refractivity contribution in [2.75, 3.05) is 11.6 Å². The van der Waals surface area contributed by atoms with Crippen LogP contribution in [0.5, 0.6) is 0 Å². The molecule has 1 saturated carbocycles. The summed E-state index contributed by atoms with van der Waals surface area (Å²) in [4.78, 5) is 3.91. The van der Waals surface area contributed by atoms with Crippen LogP contribution in [0, 0.1) is 0 Å². The van der Waals surface area contributed by atoms with Crippen molar-refractivity contribution in [3.63, 3.8) is 0 Å². The molecule has 1 aromatic heterocycles. The molecule has 0 spiro atoms. The number of hydrogen-bond donors (Lipinski definition) is 1. The monoisotopic (exact) mass is 302 g/mol. The van der Waals surface area contributed by atoms with Gasteiger partial charge in [-0.05, 0) is 37.0 Å². The SMILES string of the molecule is O=S(=O)(CCc1ccncc1)NC1(CCl)CCCC1. The molecule has 19 heavy (non-hydrogen) atoms. The van der Waals surface area contributed by atoms with Crippen LogP contribution in [0.1, 0.15) is 31.2 Å². The van der Waals surface area contributed by atoms with Crippen LogP contribution in [0.2, 0.25) is 0 Å². The Balaban J connectivity index is 1.95. The number of halogens is 1. The van der Waals surface area contributed by atoms with Gasteiger partial charge in [0, 0.05) is 23.8 Å². The Morgan fingerprint density at radius 2 is 1.89 bits per heavy atom. The highest BCUT2D eigenvalue weighted by Crippen LogP contribution is 2.31. The number of rotatable bonds is 6. The van der Waals surface area contributed by atoms with E-state index >= 15 is 0 Å². The number of nitrogens with one attached hydrogen (secondary N) is 1. The third-order valence-corrected chi connectivity index (χ3v) is 5.59. The summed E-state index contributed by atoms with van der Waals surface area (Å²) >= 11 is 5.95. The normalized spacial score (nSPS) is 18.6. The summed E-state index contributed by atoms with van der Waals surface area (Å²) in [6.45, 7) is 0. The second kappa shape index (κ2) is 6.20. The van der Waals surface area contributed by atoms with Crippen LogP contribution in [0.15, 0.2) is 24.5 Å². The Bertz CT molecular complexity index is 499. The number of sulfonamides is 1. The molecule has 0 radical (unpaired) electrons. The zero-order valence-corrected chi connectivity index (χ0v) is 12.4. The summed E-state index contributed by atoms with van der Waals surface area (Å²) in [5.41, 5.74) is 0.560. The predicted molar refractivity (Wildman–Crippen MR) is 76.8 cm³/mol. The highest BCUT2D eigenvalue weighted by molar-refractivity contribution is 7.89. The first-order chi connectivity index (χ1) is 9.05. The van der Waals surface area contributed by atoms with Gasteiger partial charge in [0.1, 0.15) is 0 Å². The maximum absolute atomic E-state index is 12.1. The lowest BCUT2D eigenvalue weighted by Gasteiger charge is -2.27. The first-order valence-corrected chi connectivity index (χ1v) is 8.70. The van der Waals surface area contributed by atoms with E-state index in [0.717, 1.165) is 31.2 Å². The van der Waals surface area contributed by atoms with Crippen molar-refractivity contribution in [2.24, 2.45) is 0 Å². The Morgan fingerprint density at radius 1 is 1.26 bits per heavy atom. The number of aromatic nitrogens is 1. The number of pyridine rings is 1. The topological polar surface area (TPSA) is 59.1 Å². The molecule has 0 aliphatic heterocycles. The molecule has 106 valence electrons. The smallest absolute Gasteiger partial charge is 0.212 e. The Labute approximate surface area is 119 Å². The largest absolute Gasteiger partial charge is 0.265 e. The molecule has 1 N–H and O–H groups in total. The van der Waals surface area contributed by atoms with E-state index in [4.69, 9.17) is 11.6 Å². The maximum Gasteiger partial charge on any atom is 0.212 e. The quantitative estimate of drug-likeness (QED) is 0.819. The zero-order valence-electron chi connectivity index (χ0n) is 10.8. The van der Waals surface area contributed by atoms with E-state index in [1.165, 1.54) is 0 Å². The third kappa shape index (κ3) is 4.16. The Morgan fingerprint density at radius 3 is 2.47 bits per heavy atom. The van der Waals surface area contributed by atoms with Crippen molar-refractivity contribution in [3.8, 4) is 0 Å². The van der Waals surface area contributed by atoms with Crippen LogP contribution in [0.25, 0.3) is 0 Å². The second-order valence-corrected chi connectivity index (χ2v) is 7.26. The first-order valence-electron chi connectivity index (χ1n) is 6.52. The molecule has 2 rings (SSSR count). The lowest BCUT2D eigenvalue weighted by atomic mass is 10.0. The fourth-order valence-corrected chi connectivity index (χ4v) is 4.45. The fraction of sp³-hybridized carbons (Fsp3) is 0.615. The molecular formula is C13H19ClN2O2S. The Hall–Kier alpha value is -0.650. The minimum Gasteiger partial charge on any atom is -0.265 e. The summed E-state index contributed by atoms with van der Waals surface area (Å²) in [5.74, 6) is 0.442. The van der Waals surface area contributed by atoms with Crippen LogP contribution in [0.4, 0.5) is 0 Å². The predicted octanol–water partition coefficient (Wildman–Crippen LogP) is 2.10. The molecule has 1 aromatic rings. The van der Waals surface area contributed by atoms with Crippen molar-refractivity contribution in [2.45, 2.75) is 37.6 Å². The second-order valence-electron chi connectivity index (χ2n) is 5.15. The summed E-state index contributed by atoms with van der Waals surface area (Å²) < 4.78 is 27.1. The van der Waals surface area contributed by atoms with Crippen LogP contribution in [0.3, 0.4) is 0 Å². The number of aryl methyl sites for hydroxylation is 1. The van der Waals surface area contributed by atoms with Crippen LogP contribution in [-0.4, -0.2) is 30.6 Å². The van der Waals surface area contributed by atoms with Gasteiger partial charge < -0.3 is 0 Å². The number of alkyl halides is 1. The molecule has 0 aromatic carbocycles. The Kier molecular flexibility index (Phi) is 4.81. The zero-order chi connectivity index (χ0) is 13.8. The summed E-state index contributed by atoms with van der Waals surface area (Å²) in [5, 5.41) is 0. The summed E-state index contributed by atoms with van der Waals surface area (Å²) in [6, 6.07) is 3.67. The molecular weight excluding hydrogens is 284 g/mol. The minimum absolute atomic E-state index is 0.0929. The van der Waals surface area contributed by atoms with E-state index in [1.54, 1.807) is 12.4 Å². The van der Waals surface area contributed by atoms with Crippen molar-refractivity contribution in [3.05, 3.63) is 30.1 Å². The van der Waals surface area contributed by atoms with E-state index in [1.807, 2.05) is 12.1 Å². The number of nitrogens with zero attached hydrogens (tertiary/aromatic N) is 1. The molecule has 4 nitrogen and oxygen atoms in total. The van der Waals surface area contributed by atoms with Gasteiger partial charge in [0.25, 0.3) is 0 Å². The first kappa shape index (κ1) is 14.8. The molecule has 1 fully saturated rings. The molecule has 0 unspecified atom stereocenters. The summed E-state index contributed by atoms with van der Waals surface area (Å²) in [6.07, 6.45) is 7.60. The van der Waals surface area contributed by atoms with Crippen molar-refractivity contribution >= 4 is 21.6 Å². The van der Waals surface area contributed by atoms with E-state index in [0.29, 0.717) is 12.3 Å². The highest BCUT2D eigenvalue weighted by Gasteiger charge is 2.36. The van der Waals surface area contributed by atoms with Gasteiger partial charge in [0.2, 0.25) is 10.0 Å². The highest BCUT2D eigenvalue weighted by atomic mass is 35.5. The van der Waals surface area contributed by atoms with E-state index < -0.39 is 15.6 Å². The fourth-order valence-electron chi connectivity index (χ4n) is 2.50. The van der Waals surface area contributed by atoms with Crippen LogP contribution >= 0.6 is 11.6 Å². The van der Waals surface area contributed by atoms with Gasteiger partial charge in [-0.1, -0.05) is 12.8 Å². The number of hydrogen-bond acceptors (Lipinski definition) is 3. The van der Waals surface area contributed by atoms with Gasteiger partial charge in [-0.15, -0.1) is 11.6 Å². The lowest BCUT2D eigenvalue weighted by molar-refractivity contribution is 0.432. The molecule has 0 saturated heterocycles. The van der Waals surface area contributed by atoms with Crippen molar-refractivity contribution in [1.29, 1.82) is 0 Å². The van der Waals surface area contributed by atoms with Gasteiger partial charge >= 0.3 is 0 Å². The minimum atomic E-state index is -3.29. The van der Waals surface area contributed by atoms with E-state index in [9.17, 15) is 8.42 Å². The van der Waals surface area contributed by atoms with Gasteiger partial charge in [-0.3, -0.25) is 4.98 Å². The molecule has 0 atom stereocenters. The average molecular weight is 303 g/mol. The van der Waals surface area contributed by atoms with Crippen LogP contribution < -0.4 is 4.72 Å². The van der Waals surface area contributed by atoms with Crippen LogP contribution in [-0.2, 0) is 16.4 Å². The third-order valence-electron chi connectivity index (χ3n) is 3.60. The molecule has 0 amide bonds. The maximum atomic E-state index is 12.1. The lowest BCUT2D eigenvalue weighted by Crippen LogP contribution is -2.48. The average Bonchev–Trinajstić information content (AvgIpc) is 2.86. The molecule has 1 aliphatic carbocycles. The van der Waals surface area contributed by atoms with Gasteiger partial charge in [0.15, 0.2) is 0 Å². The van der Waals surface area contributed by atoms with Gasteiger partial charge in [0.05, 0.1) is 5.75 Å². The molecule has 1 aliphatic rings. The van der Waals surface area contributed by atoms with Gasteiger partial charge in [-0.2, -0.15) is 0 Å². The van der Waals surface area contributed by atoms with E-state index in [2.05, 4.69) is 9.71 Å². The van der Waals surface area contributed by atoms with Crippen molar-refractivity contribution < 1.29 is 8.42 Å².